The molecule has 2 aromatic rings. The minimum absolute atomic E-state index is 0. The maximum Gasteiger partial charge on any atom is 4.00 e. The molecule has 0 radical (unpaired) electrons. The average molecular weight is 410 g/mol. The molecule has 0 amide bonds. The standard InChI is InChI=1S/C22H25N2.3CH3.Ti/c1-14-13-19-21(16-9-3-4-11-18(16)24(19)2)20(14)17-10-5-7-15-8-6-12-23-22(15)17;;;;/h3-5,7,9-11,14,19-21H,6,8,12-13H2,1-2H3;3*1H3;/q4*-1;+4. The molecule has 1 saturated carbocycles. The normalized spacial score (nSPS) is 26.1. The third kappa shape index (κ3) is 3.55. The predicted molar refractivity (Wildman–Crippen MR) is 120 cm³/mol. The molecule has 28 heavy (non-hydrogen) atoms. The Kier molecular flexibility index (Phi) is 8.41. The molecule has 2 aromatic carbocycles. The summed E-state index contributed by atoms with van der Waals surface area (Å²) in [6.07, 6.45) is 3.68. The van der Waals surface area contributed by atoms with Crippen LogP contribution in [0.15, 0.2) is 42.5 Å². The maximum absolute atomic E-state index is 4.95. The van der Waals surface area contributed by atoms with Crippen LogP contribution in [0, 0.1) is 28.2 Å². The second-order valence-electron chi connectivity index (χ2n) is 7.84. The first-order valence-corrected chi connectivity index (χ1v) is 9.36. The van der Waals surface area contributed by atoms with E-state index in [-0.39, 0.29) is 44.0 Å². The fourth-order valence-electron chi connectivity index (χ4n) is 5.57. The molecule has 0 aromatic heterocycles. The van der Waals surface area contributed by atoms with Crippen LogP contribution < -0.4 is 4.90 Å². The Morgan fingerprint density at radius 1 is 0.929 bits per heavy atom. The third-order valence-corrected chi connectivity index (χ3v) is 6.59. The molecule has 1 aliphatic carbocycles. The number of anilines is 1. The van der Waals surface area contributed by atoms with Crippen LogP contribution in [-0.4, -0.2) is 19.6 Å². The third-order valence-electron chi connectivity index (χ3n) is 6.59. The Labute approximate surface area is 188 Å². The number of para-hydroxylation sites is 2. The van der Waals surface area contributed by atoms with Gasteiger partial charge in [-0.15, -0.1) is 12.2 Å². The van der Waals surface area contributed by atoms with Crippen LogP contribution in [0.5, 0.6) is 0 Å². The molecule has 5 rings (SSSR count). The largest absolute Gasteiger partial charge is 4.00 e. The Balaban J connectivity index is 0.000000980. The van der Waals surface area contributed by atoms with Gasteiger partial charge in [-0.3, -0.25) is 0 Å². The number of rotatable bonds is 1. The Morgan fingerprint density at radius 3 is 2.43 bits per heavy atom. The molecule has 2 aliphatic heterocycles. The second-order valence-corrected chi connectivity index (χ2v) is 7.84. The van der Waals surface area contributed by atoms with Gasteiger partial charge in [-0.1, -0.05) is 60.9 Å². The molecule has 0 bridgehead atoms. The molecule has 3 heteroatoms. The van der Waals surface area contributed by atoms with Crippen molar-refractivity contribution in [3.8, 4) is 0 Å². The van der Waals surface area contributed by atoms with E-state index in [2.05, 4.69) is 61.3 Å². The van der Waals surface area contributed by atoms with Crippen molar-refractivity contribution >= 4 is 11.4 Å². The first-order chi connectivity index (χ1) is 11.8. The van der Waals surface area contributed by atoms with Crippen LogP contribution in [-0.2, 0) is 28.1 Å². The van der Waals surface area contributed by atoms with E-state index in [0.29, 0.717) is 23.8 Å². The van der Waals surface area contributed by atoms with Crippen LogP contribution in [0.3, 0.4) is 0 Å². The van der Waals surface area contributed by atoms with Crippen LogP contribution in [0.25, 0.3) is 5.32 Å². The summed E-state index contributed by atoms with van der Waals surface area (Å²) in [6.45, 7) is 3.44. The molecule has 148 valence electrons. The van der Waals surface area contributed by atoms with E-state index < -0.39 is 0 Å². The van der Waals surface area contributed by atoms with E-state index in [0.717, 1.165) is 6.54 Å². The van der Waals surface area contributed by atoms with Crippen LogP contribution in [0.4, 0.5) is 11.4 Å². The number of hydrogen-bond acceptors (Lipinski definition) is 1. The van der Waals surface area contributed by atoms with Gasteiger partial charge in [-0.2, -0.15) is 0 Å². The molecule has 1 fully saturated rings. The zero-order valence-electron chi connectivity index (χ0n) is 18.1. The molecule has 4 atom stereocenters. The molecule has 4 unspecified atom stereocenters. The fraction of sp³-hybridized carbons (Fsp3) is 0.400. The monoisotopic (exact) mass is 410 g/mol. The van der Waals surface area contributed by atoms with Crippen molar-refractivity contribution in [2.75, 3.05) is 18.5 Å². The van der Waals surface area contributed by atoms with Crippen molar-refractivity contribution in [3.05, 3.63) is 86.8 Å². The van der Waals surface area contributed by atoms with Gasteiger partial charge in [0.05, 0.1) is 0 Å². The quantitative estimate of drug-likeness (QED) is 0.377. The first kappa shape index (κ1) is 24.8. The Hall–Kier alpha value is -1.25. The summed E-state index contributed by atoms with van der Waals surface area (Å²) in [6, 6.07) is 16.6. The number of hydrogen-bond donors (Lipinski definition) is 0. The van der Waals surface area contributed by atoms with Gasteiger partial charge in [-0.25, -0.2) is 0 Å². The van der Waals surface area contributed by atoms with Crippen molar-refractivity contribution in [2.45, 2.75) is 44.1 Å². The average Bonchev–Trinajstić information content (AvgIpc) is 3.09. The van der Waals surface area contributed by atoms with Crippen LogP contribution >= 0.6 is 0 Å². The van der Waals surface area contributed by atoms with Gasteiger partial charge >= 0.3 is 21.7 Å². The van der Waals surface area contributed by atoms with E-state index in [9.17, 15) is 0 Å². The first-order valence-electron chi connectivity index (χ1n) is 9.36. The van der Waals surface area contributed by atoms with Crippen LogP contribution in [0.1, 0.15) is 48.3 Å². The van der Waals surface area contributed by atoms with Crippen molar-refractivity contribution in [1.29, 1.82) is 0 Å². The minimum Gasteiger partial charge on any atom is -0.684 e. The molecule has 0 spiro atoms. The van der Waals surface area contributed by atoms with E-state index in [4.69, 9.17) is 5.32 Å². The number of likely N-dealkylation sites (N-methyl/N-ethyl adjacent to an activating group) is 1. The van der Waals surface area contributed by atoms with E-state index in [1.165, 1.54) is 41.8 Å². The summed E-state index contributed by atoms with van der Waals surface area (Å²) in [5, 5.41) is 4.95. The van der Waals surface area contributed by atoms with E-state index in [1.807, 2.05) is 0 Å². The summed E-state index contributed by atoms with van der Waals surface area (Å²) in [4.78, 5) is 2.53. The topological polar surface area (TPSA) is 17.3 Å². The van der Waals surface area contributed by atoms with Crippen molar-refractivity contribution < 1.29 is 21.7 Å². The van der Waals surface area contributed by atoms with Crippen LogP contribution in [0.2, 0.25) is 0 Å². The van der Waals surface area contributed by atoms with Gasteiger partial charge in [0.25, 0.3) is 0 Å². The van der Waals surface area contributed by atoms with Crippen molar-refractivity contribution in [1.82, 2.24) is 0 Å². The molecular weight excluding hydrogens is 376 g/mol. The molecule has 3 aliphatic rings. The molecular formula is C25H34N2Ti. The smallest absolute Gasteiger partial charge is 0.684 e. The Bertz CT molecular complexity index is 788. The van der Waals surface area contributed by atoms with Gasteiger partial charge in [0, 0.05) is 24.7 Å². The summed E-state index contributed by atoms with van der Waals surface area (Å²) in [5.74, 6) is 1.92. The van der Waals surface area contributed by atoms with Gasteiger partial charge in [-0.05, 0) is 36.3 Å². The summed E-state index contributed by atoms with van der Waals surface area (Å²) in [5.41, 5.74) is 7.29. The SMILES string of the molecule is CC1CC2C(c3ccccc3N2C)C1c1cccc2c1[N-]CCC2.[CH3-].[CH3-].[CH3-].[Ti+4]. The summed E-state index contributed by atoms with van der Waals surface area (Å²) in [7, 11) is 2.28. The van der Waals surface area contributed by atoms with Gasteiger partial charge in [0.1, 0.15) is 0 Å². The fourth-order valence-corrected chi connectivity index (χ4v) is 5.57. The molecule has 0 saturated heterocycles. The summed E-state index contributed by atoms with van der Waals surface area (Å²) < 4.78 is 0. The van der Waals surface area contributed by atoms with E-state index in [1.54, 1.807) is 5.56 Å². The maximum atomic E-state index is 4.95. The second kappa shape index (κ2) is 9.50. The van der Waals surface area contributed by atoms with Gasteiger partial charge < -0.3 is 32.5 Å². The Morgan fingerprint density at radius 2 is 1.64 bits per heavy atom. The minimum atomic E-state index is 0. The molecule has 2 nitrogen and oxygen atoms in total. The zero-order chi connectivity index (χ0) is 16.3. The number of aryl methyl sites for hydroxylation is 1. The predicted octanol–water partition coefficient (Wildman–Crippen LogP) is 6.71. The molecule has 2 heterocycles. The number of benzene rings is 2. The molecule has 0 N–H and O–H groups in total. The van der Waals surface area contributed by atoms with E-state index >= 15 is 0 Å². The van der Waals surface area contributed by atoms with Gasteiger partial charge in [0.15, 0.2) is 0 Å². The number of nitrogens with zero attached hydrogens (tertiary/aromatic N) is 2. The zero-order valence-corrected chi connectivity index (χ0v) is 19.6. The summed E-state index contributed by atoms with van der Waals surface area (Å²) >= 11 is 0. The van der Waals surface area contributed by atoms with Crippen molar-refractivity contribution in [3.63, 3.8) is 0 Å². The van der Waals surface area contributed by atoms with Crippen molar-refractivity contribution in [2.24, 2.45) is 5.92 Å². The number of fused-ring (bicyclic) bond motifs is 4. The van der Waals surface area contributed by atoms with Gasteiger partial charge in [0.2, 0.25) is 0 Å².